The van der Waals surface area contributed by atoms with Crippen molar-refractivity contribution in [2.24, 2.45) is 0 Å². The zero-order valence-electron chi connectivity index (χ0n) is 15.9. The van der Waals surface area contributed by atoms with Crippen molar-refractivity contribution >= 4 is 39.6 Å². The highest BCUT2D eigenvalue weighted by Gasteiger charge is 2.15. The number of aromatic nitrogens is 3. The Labute approximate surface area is 175 Å². The molecule has 0 bridgehead atoms. The van der Waals surface area contributed by atoms with Crippen molar-refractivity contribution in [2.45, 2.75) is 10.2 Å². The molecule has 0 aliphatic heterocycles. The van der Waals surface area contributed by atoms with Crippen molar-refractivity contribution in [3.63, 3.8) is 0 Å². The molecule has 0 unspecified atom stereocenters. The van der Waals surface area contributed by atoms with Crippen LogP contribution in [0.25, 0.3) is 33.1 Å². The van der Waals surface area contributed by atoms with Crippen LogP contribution in [-0.2, 0) is 4.74 Å². The van der Waals surface area contributed by atoms with Gasteiger partial charge in [-0.3, -0.25) is 0 Å². The van der Waals surface area contributed by atoms with Gasteiger partial charge >= 0.3 is 5.97 Å². The predicted molar refractivity (Wildman–Crippen MR) is 114 cm³/mol. The SMILES string of the molecule is COC(=O)c1ccc(-c2nnc(Sc3nc4ccccc4o3)c3ccccc23)cc1. The molecule has 0 saturated carbocycles. The van der Waals surface area contributed by atoms with Crippen LogP contribution in [0.1, 0.15) is 10.4 Å². The Morgan fingerprint density at radius 3 is 2.40 bits per heavy atom. The van der Waals surface area contributed by atoms with Gasteiger partial charge in [-0.2, -0.15) is 0 Å². The molecule has 0 aliphatic carbocycles. The molecule has 3 aromatic carbocycles. The second-order valence-corrected chi connectivity index (χ2v) is 7.46. The van der Waals surface area contributed by atoms with Crippen molar-refractivity contribution < 1.29 is 13.9 Å². The Kier molecular flexibility index (Phi) is 4.65. The maximum atomic E-state index is 11.7. The minimum absolute atomic E-state index is 0.373. The number of methoxy groups -OCH3 is 1. The number of para-hydroxylation sites is 2. The second-order valence-electron chi connectivity index (χ2n) is 6.52. The van der Waals surface area contributed by atoms with Crippen molar-refractivity contribution in [2.75, 3.05) is 7.11 Å². The summed E-state index contributed by atoms with van der Waals surface area (Å²) in [5.41, 5.74) is 3.63. The van der Waals surface area contributed by atoms with E-state index in [-0.39, 0.29) is 5.97 Å². The topological polar surface area (TPSA) is 78.1 Å². The number of carbonyl (C=O) groups excluding carboxylic acids is 1. The minimum atomic E-state index is -0.373. The van der Waals surface area contributed by atoms with Gasteiger partial charge in [-0.15, -0.1) is 10.2 Å². The maximum absolute atomic E-state index is 11.7. The summed E-state index contributed by atoms with van der Waals surface area (Å²) < 4.78 is 10.6. The number of ether oxygens (including phenoxy) is 1. The number of rotatable bonds is 4. The van der Waals surface area contributed by atoms with E-state index in [9.17, 15) is 4.79 Å². The highest BCUT2D eigenvalue weighted by molar-refractivity contribution is 7.99. The molecular formula is C23H15N3O3S. The quantitative estimate of drug-likeness (QED) is 0.366. The molecule has 30 heavy (non-hydrogen) atoms. The van der Waals surface area contributed by atoms with E-state index in [0.717, 1.165) is 33.1 Å². The highest BCUT2D eigenvalue weighted by Crippen LogP contribution is 2.35. The molecule has 2 aromatic heterocycles. The molecule has 0 amide bonds. The summed E-state index contributed by atoms with van der Waals surface area (Å²) in [6, 6.07) is 22.7. The fraction of sp³-hybridized carbons (Fsp3) is 0.0435. The van der Waals surface area contributed by atoms with E-state index in [1.807, 2.05) is 60.7 Å². The molecule has 0 atom stereocenters. The Morgan fingerprint density at radius 2 is 1.63 bits per heavy atom. The van der Waals surface area contributed by atoms with Crippen LogP contribution in [0.4, 0.5) is 0 Å². The summed E-state index contributed by atoms with van der Waals surface area (Å²) >= 11 is 1.34. The molecular weight excluding hydrogens is 398 g/mol. The molecule has 0 aliphatic rings. The molecule has 2 heterocycles. The van der Waals surface area contributed by atoms with E-state index < -0.39 is 0 Å². The molecule has 0 radical (unpaired) electrons. The Hall–Kier alpha value is -3.71. The number of esters is 1. The average molecular weight is 413 g/mol. The molecule has 0 fully saturated rings. The van der Waals surface area contributed by atoms with Crippen molar-refractivity contribution in [1.82, 2.24) is 15.2 Å². The number of hydrogen-bond acceptors (Lipinski definition) is 7. The van der Waals surface area contributed by atoms with Gasteiger partial charge in [0.05, 0.1) is 12.7 Å². The van der Waals surface area contributed by atoms with E-state index >= 15 is 0 Å². The summed E-state index contributed by atoms with van der Waals surface area (Å²) in [7, 11) is 1.36. The smallest absolute Gasteiger partial charge is 0.337 e. The third kappa shape index (κ3) is 3.29. The van der Waals surface area contributed by atoms with Crippen molar-refractivity contribution in [3.05, 3.63) is 78.4 Å². The first kappa shape index (κ1) is 18.3. The van der Waals surface area contributed by atoms with Crippen LogP contribution < -0.4 is 0 Å². The minimum Gasteiger partial charge on any atom is -0.465 e. The summed E-state index contributed by atoms with van der Waals surface area (Å²) in [4.78, 5) is 16.2. The van der Waals surface area contributed by atoms with Gasteiger partial charge in [-0.05, 0) is 36.0 Å². The third-order valence-corrected chi connectivity index (χ3v) is 5.54. The van der Waals surface area contributed by atoms with Gasteiger partial charge in [0.1, 0.15) is 16.2 Å². The fourth-order valence-corrected chi connectivity index (χ4v) is 4.04. The number of benzene rings is 3. The lowest BCUT2D eigenvalue weighted by molar-refractivity contribution is 0.0601. The number of nitrogens with zero attached hydrogens (tertiary/aromatic N) is 3. The Morgan fingerprint density at radius 1 is 0.900 bits per heavy atom. The fourth-order valence-electron chi connectivity index (χ4n) is 3.23. The lowest BCUT2D eigenvalue weighted by atomic mass is 10.0. The number of oxazole rings is 1. The van der Waals surface area contributed by atoms with Gasteiger partial charge in [-0.25, -0.2) is 9.78 Å². The van der Waals surface area contributed by atoms with Crippen molar-refractivity contribution in [3.8, 4) is 11.3 Å². The van der Waals surface area contributed by atoms with Gasteiger partial charge in [0.25, 0.3) is 5.22 Å². The molecule has 0 saturated heterocycles. The molecule has 0 N–H and O–H groups in total. The number of carbonyl (C=O) groups is 1. The van der Waals surface area contributed by atoms with Gasteiger partial charge < -0.3 is 9.15 Å². The monoisotopic (exact) mass is 413 g/mol. The summed E-state index contributed by atoms with van der Waals surface area (Å²) in [5.74, 6) is -0.373. The Bertz CT molecular complexity index is 1350. The maximum Gasteiger partial charge on any atom is 0.337 e. The molecule has 5 aromatic rings. The Balaban J connectivity index is 1.55. The van der Waals surface area contributed by atoms with E-state index in [4.69, 9.17) is 9.15 Å². The van der Waals surface area contributed by atoms with E-state index in [1.54, 1.807) is 12.1 Å². The van der Waals surface area contributed by atoms with E-state index in [2.05, 4.69) is 15.2 Å². The third-order valence-electron chi connectivity index (χ3n) is 4.69. The van der Waals surface area contributed by atoms with Crippen LogP contribution in [0.15, 0.2) is 87.5 Å². The molecule has 5 rings (SSSR count). The summed E-state index contributed by atoms with van der Waals surface area (Å²) in [5, 5.41) is 12.0. The van der Waals surface area contributed by atoms with E-state index in [1.165, 1.54) is 18.9 Å². The van der Waals surface area contributed by atoms with Gasteiger partial charge in [0.15, 0.2) is 5.58 Å². The molecule has 6 nitrogen and oxygen atoms in total. The zero-order chi connectivity index (χ0) is 20.5. The molecule has 0 spiro atoms. The average Bonchev–Trinajstić information content (AvgIpc) is 3.21. The summed E-state index contributed by atoms with van der Waals surface area (Å²) in [6.07, 6.45) is 0. The number of fused-ring (bicyclic) bond motifs is 2. The van der Waals surface area contributed by atoms with Crippen LogP contribution in [0, 0.1) is 0 Å². The van der Waals surface area contributed by atoms with Crippen LogP contribution >= 0.6 is 11.8 Å². The summed E-state index contributed by atoms with van der Waals surface area (Å²) in [6.45, 7) is 0. The normalized spacial score (nSPS) is 11.1. The predicted octanol–water partition coefficient (Wildman–Crippen LogP) is 5.38. The standard InChI is InChI=1S/C23H15N3O3S/c1-28-22(27)15-12-10-14(11-13-15)20-16-6-2-3-7-17(16)21(26-25-20)30-23-24-18-8-4-5-9-19(18)29-23/h2-13H,1H3. The van der Waals surface area contributed by atoms with Crippen LogP contribution in [0.3, 0.4) is 0 Å². The first-order valence-electron chi connectivity index (χ1n) is 9.20. The molecule has 146 valence electrons. The van der Waals surface area contributed by atoms with Gasteiger partial charge in [0.2, 0.25) is 0 Å². The van der Waals surface area contributed by atoms with Gasteiger partial charge in [-0.1, -0.05) is 48.5 Å². The molecule has 7 heteroatoms. The van der Waals surface area contributed by atoms with Crippen LogP contribution in [0.2, 0.25) is 0 Å². The van der Waals surface area contributed by atoms with E-state index in [0.29, 0.717) is 15.8 Å². The first-order chi connectivity index (χ1) is 14.7. The largest absolute Gasteiger partial charge is 0.465 e. The second kappa shape index (κ2) is 7.61. The highest BCUT2D eigenvalue weighted by atomic mass is 32.2. The number of hydrogen-bond donors (Lipinski definition) is 0. The lowest BCUT2D eigenvalue weighted by Crippen LogP contribution is -2.00. The zero-order valence-corrected chi connectivity index (χ0v) is 16.7. The van der Waals surface area contributed by atoms with Crippen LogP contribution in [-0.4, -0.2) is 28.3 Å². The lowest BCUT2D eigenvalue weighted by Gasteiger charge is -2.08. The van der Waals surface area contributed by atoms with Gasteiger partial charge in [0, 0.05) is 16.3 Å². The van der Waals surface area contributed by atoms with Crippen molar-refractivity contribution in [1.29, 1.82) is 0 Å². The van der Waals surface area contributed by atoms with Crippen LogP contribution in [0.5, 0.6) is 0 Å². The first-order valence-corrected chi connectivity index (χ1v) is 10.0.